The second kappa shape index (κ2) is 5.88. The molecule has 7 nitrogen and oxygen atoms in total. The van der Waals surface area contributed by atoms with Gasteiger partial charge in [0.25, 0.3) is 11.8 Å². The van der Waals surface area contributed by atoms with Crippen LogP contribution in [-0.2, 0) is 4.79 Å². The van der Waals surface area contributed by atoms with E-state index in [4.69, 9.17) is 5.26 Å². The molecule has 2 aromatic heterocycles. The summed E-state index contributed by atoms with van der Waals surface area (Å²) >= 11 is 0. The zero-order chi connectivity index (χ0) is 17.3. The number of carbonyl (C=O) groups excluding carboxylic acids is 2. The van der Waals surface area contributed by atoms with E-state index in [1.54, 1.807) is 28.8 Å². The lowest BCUT2D eigenvalue weighted by Crippen LogP contribution is -2.43. The molecule has 0 radical (unpaired) electrons. The lowest BCUT2D eigenvalue weighted by atomic mass is 10.2. The first-order chi connectivity index (χ1) is 11.4. The summed E-state index contributed by atoms with van der Waals surface area (Å²) in [6, 6.07) is 5.42. The molecule has 3 rings (SSSR count). The van der Waals surface area contributed by atoms with Gasteiger partial charge in [-0.05, 0) is 18.2 Å². The molecule has 124 valence electrons. The summed E-state index contributed by atoms with van der Waals surface area (Å²) in [4.78, 5) is 29.1. The van der Waals surface area contributed by atoms with E-state index in [1.165, 1.54) is 12.3 Å². The van der Waals surface area contributed by atoms with Gasteiger partial charge in [0, 0.05) is 18.8 Å². The van der Waals surface area contributed by atoms with Gasteiger partial charge in [-0.1, -0.05) is 0 Å². The number of likely N-dealkylation sites (tertiary alicyclic amines) is 1. The fourth-order valence-corrected chi connectivity index (χ4v) is 2.67. The number of fused-ring (bicyclic) bond motifs is 1. The molecule has 1 atom stereocenters. The number of alkyl halides is 2. The average molecular weight is 333 g/mol. The van der Waals surface area contributed by atoms with Crippen molar-refractivity contribution < 1.29 is 18.4 Å². The van der Waals surface area contributed by atoms with E-state index < -0.39 is 43.3 Å². The summed E-state index contributed by atoms with van der Waals surface area (Å²) in [7, 11) is 0. The third kappa shape index (κ3) is 2.90. The van der Waals surface area contributed by atoms with E-state index in [2.05, 4.69) is 10.3 Å². The molecule has 24 heavy (non-hydrogen) atoms. The Morgan fingerprint density at radius 1 is 1.46 bits per heavy atom. The van der Waals surface area contributed by atoms with Crippen molar-refractivity contribution in [3.8, 4) is 6.07 Å². The fourth-order valence-electron chi connectivity index (χ4n) is 2.67. The highest BCUT2D eigenvalue weighted by molar-refractivity contribution is 5.95. The number of nitriles is 1. The van der Waals surface area contributed by atoms with Gasteiger partial charge in [-0.3, -0.25) is 14.0 Å². The number of nitrogens with zero attached hydrogens (tertiary/aromatic N) is 4. The van der Waals surface area contributed by atoms with E-state index in [1.807, 2.05) is 0 Å². The fraction of sp³-hybridized carbons (Fsp3) is 0.333. The van der Waals surface area contributed by atoms with Gasteiger partial charge < -0.3 is 10.2 Å². The van der Waals surface area contributed by atoms with E-state index >= 15 is 0 Å². The van der Waals surface area contributed by atoms with Crippen molar-refractivity contribution in [1.29, 1.82) is 5.26 Å². The first-order valence-corrected chi connectivity index (χ1v) is 7.18. The van der Waals surface area contributed by atoms with Crippen LogP contribution in [0.15, 0.2) is 30.6 Å². The van der Waals surface area contributed by atoms with Gasteiger partial charge in [-0.25, -0.2) is 13.8 Å². The highest BCUT2D eigenvalue weighted by Gasteiger charge is 2.47. The summed E-state index contributed by atoms with van der Waals surface area (Å²) in [6.45, 7) is -1.27. The van der Waals surface area contributed by atoms with Gasteiger partial charge in [-0.15, -0.1) is 0 Å². The predicted molar refractivity (Wildman–Crippen MR) is 78.2 cm³/mol. The third-order valence-electron chi connectivity index (χ3n) is 3.80. The maximum atomic E-state index is 13.4. The second-order valence-electron chi connectivity index (χ2n) is 5.48. The van der Waals surface area contributed by atoms with Crippen molar-refractivity contribution in [2.75, 3.05) is 13.1 Å². The molecule has 0 saturated carbocycles. The molecule has 1 saturated heterocycles. The van der Waals surface area contributed by atoms with Crippen molar-refractivity contribution in [2.45, 2.75) is 18.4 Å². The normalized spacial score (nSPS) is 19.2. The molecule has 0 aliphatic carbocycles. The van der Waals surface area contributed by atoms with Crippen LogP contribution < -0.4 is 5.32 Å². The number of hydrogen-bond acceptors (Lipinski definition) is 4. The van der Waals surface area contributed by atoms with Crippen LogP contribution in [0.1, 0.15) is 16.9 Å². The Kier molecular flexibility index (Phi) is 3.89. The largest absolute Gasteiger partial charge is 0.342 e. The molecular formula is C15H13F2N5O2. The van der Waals surface area contributed by atoms with E-state index in [0.29, 0.717) is 5.65 Å². The quantitative estimate of drug-likeness (QED) is 0.900. The van der Waals surface area contributed by atoms with E-state index in [0.717, 1.165) is 4.90 Å². The zero-order valence-electron chi connectivity index (χ0n) is 12.4. The molecule has 0 bridgehead atoms. The topological polar surface area (TPSA) is 90.5 Å². The van der Waals surface area contributed by atoms with Crippen molar-refractivity contribution in [1.82, 2.24) is 19.6 Å². The minimum absolute atomic E-state index is 0.265. The Balaban J connectivity index is 1.67. The molecule has 1 aliphatic rings. The molecule has 1 fully saturated rings. The highest BCUT2D eigenvalue weighted by atomic mass is 19.3. The van der Waals surface area contributed by atoms with Crippen LogP contribution in [0.5, 0.6) is 0 Å². The molecular weight excluding hydrogens is 320 g/mol. The lowest BCUT2D eigenvalue weighted by molar-refractivity contribution is -0.131. The number of hydrogen-bond donors (Lipinski definition) is 1. The summed E-state index contributed by atoms with van der Waals surface area (Å²) in [5, 5.41) is 11.3. The molecule has 1 unspecified atom stereocenters. The van der Waals surface area contributed by atoms with Gasteiger partial charge in [0.05, 0.1) is 19.2 Å². The lowest BCUT2D eigenvalue weighted by Gasteiger charge is -2.19. The van der Waals surface area contributed by atoms with Gasteiger partial charge in [0.2, 0.25) is 5.91 Å². The minimum atomic E-state index is -3.08. The molecule has 2 aromatic rings. The second-order valence-corrected chi connectivity index (χ2v) is 5.48. The highest BCUT2D eigenvalue weighted by Crippen LogP contribution is 2.31. The smallest absolute Gasteiger partial charge is 0.268 e. The maximum Gasteiger partial charge on any atom is 0.268 e. The maximum absolute atomic E-state index is 13.4. The summed E-state index contributed by atoms with van der Waals surface area (Å²) in [5.74, 6) is -4.33. The van der Waals surface area contributed by atoms with Crippen LogP contribution in [0.3, 0.4) is 0 Å². The number of nitrogens with one attached hydrogen (secondary N) is 1. The summed E-state index contributed by atoms with van der Waals surface area (Å²) in [6.07, 6.45) is 2.42. The molecule has 1 N–H and O–H groups in total. The van der Waals surface area contributed by atoms with Crippen molar-refractivity contribution in [3.63, 3.8) is 0 Å². The molecule has 3 heterocycles. The minimum Gasteiger partial charge on any atom is -0.342 e. The predicted octanol–water partition coefficient (Wildman–Crippen LogP) is 0.824. The molecule has 2 amide bonds. The van der Waals surface area contributed by atoms with Crippen LogP contribution in [0.4, 0.5) is 8.78 Å². The molecule has 0 aromatic carbocycles. The van der Waals surface area contributed by atoms with Gasteiger partial charge in [0.1, 0.15) is 17.4 Å². The standard InChI is InChI=1S/C15H13F2N5O2/c16-15(17)6-10(7-18)22(9-15)13(23)8-20-14(24)11-3-4-19-12-2-1-5-21(11)12/h1-5,10H,6,8-9H2,(H,20,24). The van der Waals surface area contributed by atoms with Crippen molar-refractivity contribution >= 4 is 17.5 Å². The number of carbonyl (C=O) groups is 2. The Bertz CT molecular complexity index is 842. The van der Waals surface area contributed by atoms with Crippen LogP contribution in [0.2, 0.25) is 0 Å². The van der Waals surface area contributed by atoms with E-state index in [9.17, 15) is 18.4 Å². The van der Waals surface area contributed by atoms with Crippen LogP contribution in [0.25, 0.3) is 5.65 Å². The Morgan fingerprint density at radius 2 is 2.25 bits per heavy atom. The van der Waals surface area contributed by atoms with Crippen molar-refractivity contribution in [3.05, 3.63) is 36.3 Å². The average Bonchev–Trinajstić information content (AvgIpc) is 3.15. The summed E-state index contributed by atoms with van der Waals surface area (Å²) in [5.41, 5.74) is 0.832. The van der Waals surface area contributed by atoms with Gasteiger partial charge >= 0.3 is 0 Å². The van der Waals surface area contributed by atoms with Gasteiger partial charge in [0.15, 0.2) is 0 Å². The Hall–Kier alpha value is -3.02. The Morgan fingerprint density at radius 3 is 3.00 bits per heavy atom. The number of aromatic nitrogens is 2. The van der Waals surface area contributed by atoms with Crippen LogP contribution in [0, 0.1) is 11.3 Å². The molecule has 0 spiro atoms. The molecule has 9 heteroatoms. The Labute approximate surface area is 135 Å². The monoisotopic (exact) mass is 333 g/mol. The van der Waals surface area contributed by atoms with Crippen LogP contribution in [-0.4, -0.2) is 51.2 Å². The summed E-state index contributed by atoms with van der Waals surface area (Å²) < 4.78 is 28.2. The number of amides is 2. The number of halogens is 2. The van der Waals surface area contributed by atoms with Crippen molar-refractivity contribution in [2.24, 2.45) is 0 Å². The zero-order valence-corrected chi connectivity index (χ0v) is 12.4. The van der Waals surface area contributed by atoms with Crippen LogP contribution >= 0.6 is 0 Å². The third-order valence-corrected chi connectivity index (χ3v) is 3.80. The molecule has 1 aliphatic heterocycles. The number of rotatable bonds is 3. The van der Waals surface area contributed by atoms with E-state index in [-0.39, 0.29) is 5.69 Å². The SMILES string of the molecule is N#CC1CC(F)(F)CN1C(=O)CNC(=O)c1ccnc2cccn12. The van der Waals surface area contributed by atoms with Gasteiger partial charge in [-0.2, -0.15) is 5.26 Å². The first kappa shape index (κ1) is 15.9. The first-order valence-electron chi connectivity index (χ1n) is 7.18.